The third-order valence-electron chi connectivity index (χ3n) is 3.61. The summed E-state index contributed by atoms with van der Waals surface area (Å²) in [4.78, 5) is 4.63. The Morgan fingerprint density at radius 1 is 1.19 bits per heavy atom. The largest absolute Gasteiger partial charge is 0.304 e. The highest BCUT2D eigenvalue weighted by Gasteiger charge is 2.19. The van der Waals surface area contributed by atoms with Crippen molar-refractivity contribution in [3.05, 3.63) is 60.2 Å². The van der Waals surface area contributed by atoms with E-state index in [1.807, 2.05) is 30.2 Å². The molecule has 3 rings (SSSR count). The van der Waals surface area contributed by atoms with Crippen molar-refractivity contribution in [1.82, 2.24) is 20.1 Å². The van der Waals surface area contributed by atoms with E-state index in [1.165, 1.54) is 10.8 Å². The Labute approximate surface area is 124 Å². The number of hydrogen-bond donors (Lipinski definition) is 1. The molecule has 0 fully saturated rings. The molecule has 2 heterocycles. The second kappa shape index (κ2) is 6.06. The van der Waals surface area contributed by atoms with E-state index in [2.05, 4.69) is 52.7 Å². The molecule has 0 saturated carbocycles. The van der Waals surface area contributed by atoms with Gasteiger partial charge in [0.1, 0.15) is 0 Å². The summed E-state index contributed by atoms with van der Waals surface area (Å²) < 4.78 is 1.83. The lowest BCUT2D eigenvalue weighted by Gasteiger charge is -2.18. The minimum absolute atomic E-state index is 0.0252. The topological polar surface area (TPSA) is 42.7 Å². The molecular formula is C17H20N4. The van der Waals surface area contributed by atoms with E-state index in [0.717, 1.165) is 24.4 Å². The van der Waals surface area contributed by atoms with E-state index in [0.29, 0.717) is 0 Å². The van der Waals surface area contributed by atoms with E-state index >= 15 is 0 Å². The van der Waals surface area contributed by atoms with Gasteiger partial charge in [-0.1, -0.05) is 31.2 Å². The Hall–Kier alpha value is -2.20. The summed E-state index contributed by atoms with van der Waals surface area (Å²) in [6.07, 6.45) is 4.93. The van der Waals surface area contributed by atoms with Crippen LogP contribution in [0.1, 0.15) is 30.8 Å². The molecule has 4 heteroatoms. The van der Waals surface area contributed by atoms with Gasteiger partial charge in [-0.25, -0.2) is 0 Å². The van der Waals surface area contributed by atoms with Crippen LogP contribution in [0.2, 0.25) is 0 Å². The molecule has 0 spiro atoms. The molecule has 108 valence electrons. The summed E-state index contributed by atoms with van der Waals surface area (Å²) in [7, 11) is 1.94. The first kappa shape index (κ1) is 13.8. The predicted octanol–water partition coefficient (Wildman–Crippen LogP) is 3.06. The van der Waals surface area contributed by atoms with Crippen LogP contribution < -0.4 is 5.32 Å². The summed E-state index contributed by atoms with van der Waals surface area (Å²) in [6.45, 7) is 3.10. The molecule has 1 unspecified atom stereocenters. The number of nitrogens with one attached hydrogen (secondary N) is 1. The average Bonchev–Trinajstić information content (AvgIpc) is 2.94. The number of aromatic nitrogens is 3. The predicted molar refractivity (Wildman–Crippen MR) is 85.1 cm³/mol. The number of fused-ring (bicyclic) bond motifs is 1. The SMILES string of the molecule is CCCNC(c1ccn(C)n1)c1nccc2ccccc12. The Morgan fingerprint density at radius 3 is 2.81 bits per heavy atom. The van der Waals surface area contributed by atoms with E-state index in [1.54, 1.807) is 0 Å². The molecule has 0 saturated heterocycles. The standard InChI is InChI=1S/C17H20N4/c1-3-10-18-17(15-9-12-21(2)20-15)16-14-7-5-4-6-13(14)8-11-19-16/h4-9,11-12,17-18H,3,10H2,1-2H3. The Kier molecular flexibility index (Phi) is 3.97. The van der Waals surface area contributed by atoms with E-state index in [9.17, 15) is 0 Å². The number of aryl methyl sites for hydroxylation is 1. The zero-order valence-corrected chi connectivity index (χ0v) is 12.5. The molecule has 0 aliphatic heterocycles. The minimum Gasteiger partial charge on any atom is -0.304 e. The van der Waals surface area contributed by atoms with Gasteiger partial charge in [0.15, 0.2) is 0 Å². The molecule has 4 nitrogen and oxygen atoms in total. The monoisotopic (exact) mass is 280 g/mol. The van der Waals surface area contributed by atoms with Gasteiger partial charge in [-0.15, -0.1) is 0 Å². The third kappa shape index (κ3) is 2.81. The fourth-order valence-corrected chi connectivity index (χ4v) is 2.59. The van der Waals surface area contributed by atoms with Crippen molar-refractivity contribution in [2.24, 2.45) is 7.05 Å². The van der Waals surface area contributed by atoms with Crippen molar-refractivity contribution in [3.8, 4) is 0 Å². The highest BCUT2D eigenvalue weighted by Crippen LogP contribution is 2.26. The van der Waals surface area contributed by atoms with E-state index < -0.39 is 0 Å². The van der Waals surface area contributed by atoms with Crippen molar-refractivity contribution in [1.29, 1.82) is 0 Å². The molecule has 2 aromatic heterocycles. The van der Waals surface area contributed by atoms with Gasteiger partial charge in [-0.2, -0.15) is 5.10 Å². The Bertz CT molecular complexity index is 727. The van der Waals surface area contributed by atoms with E-state index in [-0.39, 0.29) is 6.04 Å². The molecule has 0 bridgehead atoms. The summed E-state index contributed by atoms with van der Waals surface area (Å²) in [5, 5.41) is 10.5. The first-order valence-electron chi connectivity index (χ1n) is 7.36. The van der Waals surface area contributed by atoms with E-state index in [4.69, 9.17) is 0 Å². The molecule has 1 aromatic carbocycles. The highest BCUT2D eigenvalue weighted by atomic mass is 15.3. The van der Waals surface area contributed by atoms with Gasteiger partial charge in [-0.05, 0) is 30.5 Å². The summed E-state index contributed by atoms with van der Waals surface area (Å²) >= 11 is 0. The van der Waals surface area contributed by atoms with Crippen LogP contribution in [-0.4, -0.2) is 21.3 Å². The minimum atomic E-state index is 0.0252. The van der Waals surface area contributed by atoms with Gasteiger partial charge < -0.3 is 5.32 Å². The van der Waals surface area contributed by atoms with Crippen molar-refractivity contribution in [3.63, 3.8) is 0 Å². The zero-order valence-electron chi connectivity index (χ0n) is 12.5. The quantitative estimate of drug-likeness (QED) is 0.781. The number of benzene rings is 1. The Balaban J connectivity index is 2.09. The lowest BCUT2D eigenvalue weighted by atomic mass is 10.0. The number of rotatable bonds is 5. The van der Waals surface area contributed by atoms with Gasteiger partial charge in [0.2, 0.25) is 0 Å². The Morgan fingerprint density at radius 2 is 2.05 bits per heavy atom. The molecule has 3 aromatic rings. The smallest absolute Gasteiger partial charge is 0.0950 e. The molecule has 0 radical (unpaired) electrons. The molecule has 1 atom stereocenters. The maximum atomic E-state index is 4.63. The first-order chi connectivity index (χ1) is 10.3. The molecule has 1 N–H and O–H groups in total. The van der Waals surface area contributed by atoms with Crippen molar-refractivity contribution in [2.45, 2.75) is 19.4 Å². The van der Waals surface area contributed by atoms with Gasteiger partial charge in [0.05, 0.1) is 17.4 Å². The summed E-state index contributed by atoms with van der Waals surface area (Å²) in [5.74, 6) is 0. The van der Waals surface area contributed by atoms with Crippen molar-refractivity contribution < 1.29 is 0 Å². The highest BCUT2D eigenvalue weighted by molar-refractivity contribution is 5.84. The van der Waals surface area contributed by atoms with Crippen LogP contribution in [0, 0.1) is 0 Å². The maximum absolute atomic E-state index is 4.63. The molecule has 0 amide bonds. The van der Waals surface area contributed by atoms with Crippen molar-refractivity contribution >= 4 is 10.8 Å². The summed E-state index contributed by atoms with van der Waals surface area (Å²) in [5.41, 5.74) is 2.05. The number of nitrogens with zero attached hydrogens (tertiary/aromatic N) is 3. The summed E-state index contributed by atoms with van der Waals surface area (Å²) in [6, 6.07) is 12.5. The third-order valence-corrected chi connectivity index (χ3v) is 3.61. The maximum Gasteiger partial charge on any atom is 0.0950 e. The van der Waals surface area contributed by atoms with Crippen LogP contribution in [0.25, 0.3) is 10.8 Å². The molecule has 21 heavy (non-hydrogen) atoms. The molecular weight excluding hydrogens is 260 g/mol. The normalized spacial score (nSPS) is 12.7. The van der Waals surface area contributed by atoms with Crippen molar-refractivity contribution in [2.75, 3.05) is 6.54 Å². The van der Waals surface area contributed by atoms with Crippen LogP contribution >= 0.6 is 0 Å². The van der Waals surface area contributed by atoms with Crippen LogP contribution in [0.3, 0.4) is 0 Å². The van der Waals surface area contributed by atoms with Crippen LogP contribution in [-0.2, 0) is 7.05 Å². The molecule has 0 aliphatic rings. The second-order valence-electron chi connectivity index (χ2n) is 5.22. The number of pyridine rings is 1. The van der Waals surface area contributed by atoms with Gasteiger partial charge in [0, 0.05) is 24.8 Å². The lowest BCUT2D eigenvalue weighted by Crippen LogP contribution is -2.25. The van der Waals surface area contributed by atoms with Crippen LogP contribution in [0.15, 0.2) is 48.8 Å². The fraction of sp³-hybridized carbons (Fsp3) is 0.294. The average molecular weight is 280 g/mol. The first-order valence-corrected chi connectivity index (χ1v) is 7.36. The second-order valence-corrected chi connectivity index (χ2v) is 5.22. The number of hydrogen-bond acceptors (Lipinski definition) is 3. The lowest BCUT2D eigenvalue weighted by molar-refractivity contribution is 0.568. The van der Waals surface area contributed by atoms with Gasteiger partial charge in [-0.3, -0.25) is 9.67 Å². The van der Waals surface area contributed by atoms with Gasteiger partial charge >= 0.3 is 0 Å². The zero-order chi connectivity index (χ0) is 14.7. The fourth-order valence-electron chi connectivity index (χ4n) is 2.59. The van der Waals surface area contributed by atoms with Crippen LogP contribution in [0.5, 0.6) is 0 Å². The van der Waals surface area contributed by atoms with Crippen LogP contribution in [0.4, 0.5) is 0 Å². The van der Waals surface area contributed by atoms with Gasteiger partial charge in [0.25, 0.3) is 0 Å². The molecule has 0 aliphatic carbocycles.